The number of benzene rings is 2. The minimum atomic E-state index is -0.225. The summed E-state index contributed by atoms with van der Waals surface area (Å²) < 4.78 is 12.5. The van der Waals surface area contributed by atoms with Crippen LogP contribution < -0.4 is 14.8 Å². The minimum absolute atomic E-state index is 0.0584. The molecule has 1 aliphatic heterocycles. The molecule has 7 heteroatoms. The van der Waals surface area contributed by atoms with Crippen LogP contribution in [0.4, 0.5) is 5.82 Å². The second kappa shape index (κ2) is 6.68. The van der Waals surface area contributed by atoms with Crippen molar-refractivity contribution in [1.29, 1.82) is 0 Å². The number of phenols is 1. The zero-order valence-electron chi connectivity index (χ0n) is 15.0. The van der Waals surface area contributed by atoms with Gasteiger partial charge in [0.05, 0.1) is 25.6 Å². The highest BCUT2D eigenvalue weighted by atomic mass is 16.5. The fraction of sp³-hybridized carbons (Fsp3) is 0.200. The Labute approximate surface area is 156 Å². The number of nitrogens with one attached hydrogen (secondary N) is 1. The zero-order chi connectivity index (χ0) is 19.0. The number of imidazole rings is 1. The van der Waals surface area contributed by atoms with E-state index in [9.17, 15) is 9.90 Å². The second-order valence-electron chi connectivity index (χ2n) is 6.29. The first-order valence-corrected chi connectivity index (χ1v) is 8.49. The van der Waals surface area contributed by atoms with E-state index in [2.05, 4.69) is 10.3 Å². The van der Waals surface area contributed by atoms with Gasteiger partial charge >= 0.3 is 0 Å². The lowest BCUT2D eigenvalue weighted by Gasteiger charge is -2.25. The molecule has 0 spiro atoms. The molecule has 1 amide bonds. The molecule has 0 radical (unpaired) electrons. The maximum absolute atomic E-state index is 12.2. The number of ether oxygens (including phenoxy) is 2. The van der Waals surface area contributed by atoms with Crippen LogP contribution in [-0.4, -0.2) is 34.8 Å². The van der Waals surface area contributed by atoms with Gasteiger partial charge in [-0.3, -0.25) is 4.79 Å². The average molecular weight is 365 g/mol. The van der Waals surface area contributed by atoms with Crippen LogP contribution in [0.25, 0.3) is 5.69 Å². The molecule has 138 valence electrons. The normalized spacial score (nSPS) is 15.8. The maximum Gasteiger partial charge on any atom is 0.226 e. The van der Waals surface area contributed by atoms with Gasteiger partial charge in [0, 0.05) is 18.4 Å². The van der Waals surface area contributed by atoms with Gasteiger partial charge in [-0.1, -0.05) is 12.1 Å². The van der Waals surface area contributed by atoms with E-state index in [0.29, 0.717) is 11.6 Å². The van der Waals surface area contributed by atoms with Gasteiger partial charge in [0.25, 0.3) is 0 Å². The predicted molar refractivity (Wildman–Crippen MR) is 99.9 cm³/mol. The Hall–Kier alpha value is -3.48. The summed E-state index contributed by atoms with van der Waals surface area (Å²) >= 11 is 0. The molecule has 1 unspecified atom stereocenters. The van der Waals surface area contributed by atoms with E-state index in [4.69, 9.17) is 9.47 Å². The van der Waals surface area contributed by atoms with E-state index < -0.39 is 0 Å². The fourth-order valence-electron chi connectivity index (χ4n) is 3.41. The Morgan fingerprint density at radius 3 is 2.81 bits per heavy atom. The lowest BCUT2D eigenvalue weighted by atomic mass is 9.89. The summed E-state index contributed by atoms with van der Waals surface area (Å²) in [7, 11) is 3.12. The number of aromatic hydroxyl groups is 1. The highest BCUT2D eigenvalue weighted by Crippen LogP contribution is 2.40. The summed E-state index contributed by atoms with van der Waals surface area (Å²) in [4.78, 5) is 16.6. The summed E-state index contributed by atoms with van der Waals surface area (Å²) in [6.45, 7) is 0. The van der Waals surface area contributed by atoms with Crippen LogP contribution >= 0.6 is 0 Å². The van der Waals surface area contributed by atoms with Crippen molar-refractivity contribution in [2.24, 2.45) is 0 Å². The third-order valence-electron chi connectivity index (χ3n) is 4.72. The third kappa shape index (κ3) is 2.97. The van der Waals surface area contributed by atoms with Gasteiger partial charge in [0.15, 0.2) is 17.3 Å². The molecular weight excluding hydrogens is 346 g/mol. The molecule has 1 aliphatic rings. The first-order valence-electron chi connectivity index (χ1n) is 8.49. The molecule has 27 heavy (non-hydrogen) atoms. The summed E-state index contributed by atoms with van der Waals surface area (Å²) in [5.74, 6) is 1.37. The lowest BCUT2D eigenvalue weighted by molar-refractivity contribution is -0.116. The number of nitrogens with zero attached hydrogens (tertiary/aromatic N) is 2. The topological polar surface area (TPSA) is 85.6 Å². The molecule has 2 N–H and O–H groups in total. The quantitative estimate of drug-likeness (QED) is 0.742. The van der Waals surface area contributed by atoms with Crippen molar-refractivity contribution in [2.45, 2.75) is 12.3 Å². The van der Waals surface area contributed by atoms with Gasteiger partial charge in [-0.2, -0.15) is 0 Å². The second-order valence-corrected chi connectivity index (χ2v) is 6.29. The van der Waals surface area contributed by atoms with E-state index >= 15 is 0 Å². The summed E-state index contributed by atoms with van der Waals surface area (Å²) in [5, 5.41) is 12.7. The molecule has 0 saturated heterocycles. The number of phenolic OH excluding ortho intramolecular Hbond substituents is 1. The van der Waals surface area contributed by atoms with Gasteiger partial charge in [-0.25, -0.2) is 4.98 Å². The van der Waals surface area contributed by atoms with Crippen LogP contribution in [0.5, 0.6) is 17.2 Å². The summed E-state index contributed by atoms with van der Waals surface area (Å²) in [6.07, 6.45) is 1.96. The molecule has 0 aliphatic carbocycles. The van der Waals surface area contributed by atoms with Crippen molar-refractivity contribution in [3.63, 3.8) is 0 Å². The average Bonchev–Trinajstić information content (AvgIpc) is 3.11. The van der Waals surface area contributed by atoms with Gasteiger partial charge in [0.2, 0.25) is 5.91 Å². The van der Waals surface area contributed by atoms with Crippen molar-refractivity contribution < 1.29 is 19.4 Å². The van der Waals surface area contributed by atoms with Gasteiger partial charge in [-0.05, 0) is 29.8 Å². The Balaban J connectivity index is 1.85. The SMILES string of the molecule is COc1cccc(-n2cnc3c2C(c2ccc(O)c(OC)c2)CC(=O)N3)c1. The number of carbonyl (C=O) groups is 1. The predicted octanol–water partition coefficient (Wildman–Crippen LogP) is 3.07. The first kappa shape index (κ1) is 17.0. The molecule has 1 atom stereocenters. The molecule has 2 heterocycles. The van der Waals surface area contributed by atoms with E-state index in [-0.39, 0.29) is 24.0 Å². The van der Waals surface area contributed by atoms with Crippen molar-refractivity contribution in [3.05, 3.63) is 60.0 Å². The van der Waals surface area contributed by atoms with Gasteiger partial charge in [-0.15, -0.1) is 0 Å². The molecule has 0 fully saturated rings. The molecule has 0 bridgehead atoms. The Morgan fingerprint density at radius 2 is 2.04 bits per heavy atom. The number of aromatic nitrogens is 2. The van der Waals surface area contributed by atoms with Crippen molar-refractivity contribution in [3.8, 4) is 22.9 Å². The first-order chi connectivity index (χ1) is 13.1. The van der Waals surface area contributed by atoms with Crippen LogP contribution in [0, 0.1) is 0 Å². The van der Waals surface area contributed by atoms with Crippen molar-refractivity contribution in [2.75, 3.05) is 19.5 Å². The molecule has 1 aromatic heterocycles. The number of amides is 1. The monoisotopic (exact) mass is 365 g/mol. The van der Waals surface area contributed by atoms with Gasteiger partial charge < -0.3 is 24.5 Å². The maximum atomic E-state index is 12.2. The van der Waals surface area contributed by atoms with E-state index in [1.54, 1.807) is 31.6 Å². The zero-order valence-corrected chi connectivity index (χ0v) is 15.0. The molecule has 0 saturated carbocycles. The summed E-state index contributed by atoms with van der Waals surface area (Å²) in [6, 6.07) is 12.8. The number of methoxy groups -OCH3 is 2. The number of fused-ring (bicyclic) bond motifs is 1. The summed E-state index contributed by atoms with van der Waals surface area (Å²) in [5.41, 5.74) is 2.62. The van der Waals surface area contributed by atoms with E-state index in [1.165, 1.54) is 7.11 Å². The number of anilines is 1. The Morgan fingerprint density at radius 1 is 1.19 bits per heavy atom. The van der Waals surface area contributed by atoms with Crippen LogP contribution in [0.15, 0.2) is 48.8 Å². The van der Waals surface area contributed by atoms with E-state index in [1.807, 2.05) is 28.8 Å². The van der Waals surface area contributed by atoms with Crippen molar-refractivity contribution >= 4 is 11.7 Å². The molecular formula is C20H19N3O4. The van der Waals surface area contributed by atoms with Crippen LogP contribution in [0.3, 0.4) is 0 Å². The van der Waals surface area contributed by atoms with Crippen LogP contribution in [0.2, 0.25) is 0 Å². The standard InChI is InChI=1S/C20H19N3O4/c1-26-14-5-3-4-13(9-14)23-11-21-20-19(23)15(10-18(25)22-20)12-6-7-16(24)17(8-12)27-2/h3-9,11,15,24H,10H2,1-2H3,(H,22,25). The minimum Gasteiger partial charge on any atom is -0.504 e. The fourth-order valence-corrected chi connectivity index (χ4v) is 3.41. The lowest BCUT2D eigenvalue weighted by Crippen LogP contribution is -2.25. The molecule has 2 aromatic carbocycles. The van der Waals surface area contributed by atoms with Gasteiger partial charge in [0.1, 0.15) is 12.1 Å². The molecule has 3 aromatic rings. The van der Waals surface area contributed by atoms with E-state index in [0.717, 1.165) is 22.7 Å². The Bertz CT molecular complexity index is 1010. The van der Waals surface area contributed by atoms with Crippen LogP contribution in [0.1, 0.15) is 23.6 Å². The number of hydrogen-bond donors (Lipinski definition) is 2. The molecule has 7 nitrogen and oxygen atoms in total. The Kier molecular flexibility index (Phi) is 4.19. The number of hydrogen-bond acceptors (Lipinski definition) is 5. The smallest absolute Gasteiger partial charge is 0.226 e. The number of carbonyl (C=O) groups excluding carboxylic acids is 1. The largest absolute Gasteiger partial charge is 0.504 e. The van der Waals surface area contributed by atoms with Crippen LogP contribution in [-0.2, 0) is 4.79 Å². The highest BCUT2D eigenvalue weighted by Gasteiger charge is 2.31. The third-order valence-corrected chi connectivity index (χ3v) is 4.72. The molecule has 4 rings (SSSR count). The van der Waals surface area contributed by atoms with Crippen molar-refractivity contribution in [1.82, 2.24) is 9.55 Å². The number of rotatable bonds is 4. The highest BCUT2D eigenvalue weighted by molar-refractivity contribution is 5.94.